The fourth-order valence-corrected chi connectivity index (χ4v) is 7.85. The Kier molecular flexibility index (Phi) is 23.1. The van der Waals surface area contributed by atoms with Crippen molar-refractivity contribution < 1.29 is 57.4 Å². The molecule has 2 saturated heterocycles. The summed E-state index contributed by atoms with van der Waals surface area (Å²) >= 11 is 0. The quantitative estimate of drug-likeness (QED) is 0.0119. The standard InChI is InChI=1S/C25H30N4O5.C23H28N4O3.C8H7NO5/c1-3-7-21(34-20-9-6-8-17(16-20)23(26)28-25(32)33-2)24(31)27-18-11-13-19(14-12-18)29-15-5-4-10-22(29)30;1-2-6-20(30-19-8-5-7-16(15-19)22(24)25)23(29)26-17-10-12-18(13-11-17)27-14-4-3-9-21(27)28;1-13-8(10)14-7-4-2-6(3-5-7)9(11)12/h6,8-9,11-14,16,21H,3-5,7,10,15H2,1-2H3,(H,27,31)(H2,26,28,32);5,7-8,10-13,15,20H,2-4,6,9,14H2,1H3,(H3,24,25)(H,26,29);2-5H,1H3. The molecule has 0 radical (unpaired) electrons. The van der Waals surface area contributed by atoms with Crippen LogP contribution in [0, 0.1) is 20.9 Å². The molecular formula is C56H65N9O13. The Hall–Kier alpha value is -9.34. The summed E-state index contributed by atoms with van der Waals surface area (Å²) in [5.41, 5.74) is 9.36. The van der Waals surface area contributed by atoms with Crippen molar-refractivity contribution in [2.24, 2.45) is 5.73 Å². The van der Waals surface area contributed by atoms with Gasteiger partial charge in [0, 0.05) is 71.9 Å². The Balaban J connectivity index is 0.000000233. The van der Waals surface area contributed by atoms with E-state index in [4.69, 9.17) is 26.0 Å². The number of amidine groups is 2. The van der Waals surface area contributed by atoms with Crippen molar-refractivity contribution in [3.63, 3.8) is 0 Å². The highest BCUT2D eigenvalue weighted by atomic mass is 16.7. The molecule has 2 aliphatic heterocycles. The van der Waals surface area contributed by atoms with Gasteiger partial charge in [0.15, 0.2) is 12.2 Å². The van der Waals surface area contributed by atoms with Crippen LogP contribution in [-0.2, 0) is 28.7 Å². The summed E-state index contributed by atoms with van der Waals surface area (Å²) in [6, 6.07) is 33.1. The molecule has 22 nitrogen and oxygen atoms in total. The number of piperidine rings is 2. The molecule has 2 aliphatic rings. The van der Waals surface area contributed by atoms with Crippen molar-refractivity contribution in [3.05, 3.63) is 143 Å². The number of alkyl carbamates (subject to hydrolysis) is 1. The number of hydrogen-bond donors (Lipinski definition) is 6. The van der Waals surface area contributed by atoms with E-state index in [0.29, 0.717) is 66.2 Å². The van der Waals surface area contributed by atoms with Crippen LogP contribution in [0.4, 0.5) is 38.0 Å². The van der Waals surface area contributed by atoms with E-state index >= 15 is 0 Å². The first-order valence-electron chi connectivity index (χ1n) is 25.3. The van der Waals surface area contributed by atoms with Gasteiger partial charge in [-0.15, -0.1) is 0 Å². The van der Waals surface area contributed by atoms with Gasteiger partial charge in [-0.1, -0.05) is 51.0 Å². The summed E-state index contributed by atoms with van der Waals surface area (Å²) < 4.78 is 25.2. The van der Waals surface area contributed by atoms with Crippen molar-refractivity contribution >= 4 is 76.0 Å². The molecule has 5 amide bonds. The predicted octanol–water partition coefficient (Wildman–Crippen LogP) is 9.48. The number of nitrogens with one attached hydrogen (secondary N) is 5. The number of nitrogens with zero attached hydrogens (tertiary/aromatic N) is 3. The third kappa shape index (κ3) is 18.5. The highest BCUT2D eigenvalue weighted by molar-refractivity contribution is 6.05. The van der Waals surface area contributed by atoms with Gasteiger partial charge in [0.2, 0.25) is 11.8 Å². The summed E-state index contributed by atoms with van der Waals surface area (Å²) in [7, 11) is 2.39. The van der Waals surface area contributed by atoms with E-state index < -0.39 is 29.4 Å². The molecule has 0 aromatic heterocycles. The molecule has 22 heteroatoms. The normalized spacial score (nSPS) is 13.5. The van der Waals surface area contributed by atoms with Crippen molar-refractivity contribution in [1.29, 1.82) is 10.8 Å². The lowest BCUT2D eigenvalue weighted by Crippen LogP contribution is -2.35. The highest BCUT2D eigenvalue weighted by Gasteiger charge is 2.24. The average Bonchev–Trinajstić information content (AvgIpc) is 3.45. The van der Waals surface area contributed by atoms with Gasteiger partial charge in [0.25, 0.3) is 17.5 Å². The maximum atomic E-state index is 12.9. The number of rotatable bonds is 18. The molecule has 2 atom stereocenters. The van der Waals surface area contributed by atoms with E-state index in [2.05, 4.69) is 30.2 Å². The number of amides is 5. The highest BCUT2D eigenvalue weighted by Crippen LogP contribution is 2.26. The van der Waals surface area contributed by atoms with Crippen LogP contribution in [0.1, 0.15) is 89.2 Å². The maximum Gasteiger partial charge on any atom is 0.513 e. The van der Waals surface area contributed by atoms with Crippen molar-refractivity contribution in [1.82, 2.24) is 5.32 Å². The van der Waals surface area contributed by atoms with Crippen molar-refractivity contribution in [2.75, 3.05) is 47.7 Å². The molecule has 2 unspecified atom stereocenters. The summed E-state index contributed by atoms with van der Waals surface area (Å²) in [5.74, 6) is 0.631. The number of nitro benzene ring substituents is 1. The molecule has 7 rings (SSSR count). The number of carbonyl (C=O) groups is 6. The largest absolute Gasteiger partial charge is 0.513 e. The molecule has 7 N–H and O–H groups in total. The predicted molar refractivity (Wildman–Crippen MR) is 294 cm³/mol. The first-order valence-corrected chi connectivity index (χ1v) is 25.3. The maximum absolute atomic E-state index is 12.9. The van der Waals surface area contributed by atoms with Gasteiger partial charge in [-0.3, -0.25) is 45.4 Å². The topological polar surface area (TPSA) is 308 Å². The SMILES string of the molecule is CCCC(Oc1cccc(C(=N)N)c1)C(=O)Nc1ccc(N2CCCCC2=O)cc1.CCCC(Oc1cccc(C(=N)NC(=O)OC)c1)C(=O)Nc1ccc(N2CCCCC2=O)cc1.COC(=O)Oc1ccc([N+](=O)[O-])cc1. The Labute approximate surface area is 451 Å². The molecule has 2 heterocycles. The Morgan fingerprint density at radius 2 is 1.10 bits per heavy atom. The summed E-state index contributed by atoms with van der Waals surface area (Å²) in [6.45, 7) is 5.39. The minimum atomic E-state index is -0.862. The number of non-ortho nitro benzene ring substituents is 1. The smallest absolute Gasteiger partial charge is 0.481 e. The molecule has 0 aliphatic carbocycles. The zero-order valence-corrected chi connectivity index (χ0v) is 43.9. The van der Waals surface area contributed by atoms with Crippen LogP contribution < -0.4 is 45.7 Å². The van der Waals surface area contributed by atoms with Gasteiger partial charge in [0.1, 0.15) is 28.9 Å². The second kappa shape index (κ2) is 30.3. The first kappa shape index (κ1) is 59.5. The summed E-state index contributed by atoms with van der Waals surface area (Å²) in [6.07, 6.45) is 4.55. The average molecular weight is 1070 g/mol. The number of carbonyl (C=O) groups excluding carboxylic acids is 6. The number of hydrogen-bond acceptors (Lipinski definition) is 15. The summed E-state index contributed by atoms with van der Waals surface area (Å²) in [5, 5.41) is 33.9. The van der Waals surface area contributed by atoms with Crippen LogP contribution in [0.2, 0.25) is 0 Å². The van der Waals surface area contributed by atoms with E-state index in [-0.39, 0.29) is 46.7 Å². The third-order valence-corrected chi connectivity index (χ3v) is 11.9. The van der Waals surface area contributed by atoms with E-state index in [1.54, 1.807) is 82.6 Å². The zero-order valence-electron chi connectivity index (χ0n) is 43.9. The van der Waals surface area contributed by atoms with Crippen LogP contribution in [-0.4, -0.2) is 92.0 Å². The van der Waals surface area contributed by atoms with Gasteiger partial charge < -0.3 is 49.9 Å². The van der Waals surface area contributed by atoms with Gasteiger partial charge in [-0.25, -0.2) is 9.59 Å². The summed E-state index contributed by atoms with van der Waals surface area (Å²) in [4.78, 5) is 85.2. The molecule has 412 valence electrons. The minimum absolute atomic E-state index is 0.0516. The monoisotopic (exact) mass is 1070 g/mol. The molecule has 5 aromatic carbocycles. The molecular weight excluding hydrogens is 1010 g/mol. The van der Waals surface area contributed by atoms with Crippen LogP contribution in [0.25, 0.3) is 0 Å². The van der Waals surface area contributed by atoms with Crippen molar-refractivity contribution in [3.8, 4) is 17.2 Å². The molecule has 2 fully saturated rings. The van der Waals surface area contributed by atoms with E-state index in [1.807, 2.05) is 38.1 Å². The Morgan fingerprint density at radius 3 is 1.51 bits per heavy atom. The molecule has 78 heavy (non-hydrogen) atoms. The lowest BCUT2D eigenvalue weighted by atomic mass is 10.1. The van der Waals surface area contributed by atoms with Gasteiger partial charge in [-0.05, 0) is 123 Å². The lowest BCUT2D eigenvalue weighted by molar-refractivity contribution is -0.384. The van der Waals surface area contributed by atoms with Crippen LogP contribution in [0.15, 0.2) is 121 Å². The third-order valence-electron chi connectivity index (χ3n) is 11.9. The molecule has 5 aromatic rings. The van der Waals surface area contributed by atoms with Crippen LogP contribution in [0.5, 0.6) is 17.2 Å². The van der Waals surface area contributed by atoms with Gasteiger partial charge in [0.05, 0.1) is 19.1 Å². The fraction of sp³-hybridized carbons (Fsp3) is 0.321. The van der Waals surface area contributed by atoms with Crippen molar-refractivity contribution in [2.45, 2.75) is 90.3 Å². The Morgan fingerprint density at radius 1 is 0.641 bits per heavy atom. The number of methoxy groups -OCH3 is 2. The minimum Gasteiger partial charge on any atom is -0.481 e. The first-order chi connectivity index (χ1) is 37.5. The molecule has 0 bridgehead atoms. The van der Waals surface area contributed by atoms with Crippen LogP contribution in [0.3, 0.4) is 0 Å². The fourth-order valence-electron chi connectivity index (χ4n) is 7.85. The Bertz CT molecular complexity index is 2880. The number of nitrogens with two attached hydrogens (primary N) is 1. The second-order valence-electron chi connectivity index (χ2n) is 17.6. The second-order valence-corrected chi connectivity index (χ2v) is 17.6. The van der Waals surface area contributed by atoms with E-state index in [0.717, 1.165) is 56.4 Å². The van der Waals surface area contributed by atoms with Gasteiger partial charge >= 0.3 is 12.2 Å². The van der Waals surface area contributed by atoms with Gasteiger partial charge in [-0.2, -0.15) is 0 Å². The number of anilines is 4. The van der Waals surface area contributed by atoms with Crippen LogP contribution >= 0.6 is 0 Å². The number of nitrogen functional groups attached to an aromatic ring is 1. The van der Waals surface area contributed by atoms with E-state index in [1.165, 1.54) is 38.5 Å². The van der Waals surface area contributed by atoms with E-state index in [9.17, 15) is 38.9 Å². The molecule has 0 saturated carbocycles. The number of benzene rings is 5. The number of ether oxygens (including phenoxy) is 5. The zero-order chi connectivity index (χ0) is 56.6. The molecule has 0 spiro atoms. The lowest BCUT2D eigenvalue weighted by Gasteiger charge is -2.27. The number of nitro groups is 1.